The first-order valence-electron chi connectivity index (χ1n) is 7.39. The van der Waals surface area contributed by atoms with Gasteiger partial charge in [0, 0.05) is 25.4 Å². The maximum Gasteiger partial charge on any atom is 0.408 e. The monoisotopic (exact) mass is 322 g/mol. The molecule has 23 heavy (non-hydrogen) atoms. The van der Waals surface area contributed by atoms with Gasteiger partial charge in [0.1, 0.15) is 5.60 Å². The maximum absolute atomic E-state index is 12.0. The number of rotatable bonds is 3. The SMILES string of the molecule is Cc1cnc(N2CCC(NC(=O)OC(C)(C)C)(C(=O)O)C2)nc1. The summed E-state index contributed by atoms with van der Waals surface area (Å²) in [6.45, 7) is 7.57. The van der Waals surface area contributed by atoms with Crippen molar-refractivity contribution in [1.82, 2.24) is 15.3 Å². The van der Waals surface area contributed by atoms with E-state index in [2.05, 4.69) is 15.3 Å². The molecule has 1 amide bonds. The Labute approximate surface area is 134 Å². The fourth-order valence-electron chi connectivity index (χ4n) is 2.36. The number of carboxylic acids is 1. The Balaban J connectivity index is 2.12. The van der Waals surface area contributed by atoms with E-state index in [9.17, 15) is 14.7 Å². The van der Waals surface area contributed by atoms with Crippen LogP contribution in [0.1, 0.15) is 32.8 Å². The fraction of sp³-hybridized carbons (Fsp3) is 0.600. The van der Waals surface area contributed by atoms with E-state index in [4.69, 9.17) is 4.74 Å². The van der Waals surface area contributed by atoms with Gasteiger partial charge in [0.2, 0.25) is 5.95 Å². The van der Waals surface area contributed by atoms with Crippen LogP contribution in [0.5, 0.6) is 0 Å². The first-order valence-corrected chi connectivity index (χ1v) is 7.39. The van der Waals surface area contributed by atoms with Crippen molar-refractivity contribution in [3.8, 4) is 0 Å². The lowest BCUT2D eigenvalue weighted by Crippen LogP contribution is -2.57. The minimum absolute atomic E-state index is 0.0879. The van der Waals surface area contributed by atoms with Gasteiger partial charge in [0.15, 0.2) is 5.54 Å². The topological polar surface area (TPSA) is 105 Å². The van der Waals surface area contributed by atoms with E-state index in [1.807, 2.05) is 6.92 Å². The molecular weight excluding hydrogens is 300 g/mol. The van der Waals surface area contributed by atoms with Gasteiger partial charge in [-0.05, 0) is 33.3 Å². The first kappa shape index (κ1) is 17.0. The van der Waals surface area contributed by atoms with E-state index in [0.717, 1.165) is 5.56 Å². The van der Waals surface area contributed by atoms with Gasteiger partial charge in [-0.3, -0.25) is 0 Å². The van der Waals surface area contributed by atoms with Crippen LogP contribution in [-0.2, 0) is 9.53 Å². The summed E-state index contributed by atoms with van der Waals surface area (Å²) in [6.07, 6.45) is 2.85. The Morgan fingerprint density at radius 3 is 2.48 bits per heavy atom. The van der Waals surface area contributed by atoms with Gasteiger partial charge in [0.25, 0.3) is 0 Å². The van der Waals surface area contributed by atoms with Crippen molar-refractivity contribution in [2.45, 2.75) is 45.3 Å². The first-order chi connectivity index (χ1) is 10.6. The second-order valence-electron chi connectivity index (χ2n) is 6.75. The molecule has 1 aromatic heterocycles. The molecule has 1 fully saturated rings. The van der Waals surface area contributed by atoms with E-state index >= 15 is 0 Å². The zero-order chi connectivity index (χ0) is 17.3. The highest BCUT2D eigenvalue weighted by Crippen LogP contribution is 2.25. The summed E-state index contributed by atoms with van der Waals surface area (Å²) in [4.78, 5) is 33.8. The molecule has 0 saturated carbocycles. The minimum atomic E-state index is -1.41. The Kier molecular flexibility index (Phi) is 4.44. The van der Waals surface area contributed by atoms with Crippen LogP contribution in [0.25, 0.3) is 0 Å². The molecule has 0 spiro atoms. The largest absolute Gasteiger partial charge is 0.479 e. The van der Waals surface area contributed by atoms with Crippen molar-refractivity contribution in [3.05, 3.63) is 18.0 Å². The van der Waals surface area contributed by atoms with Gasteiger partial charge in [-0.25, -0.2) is 19.6 Å². The number of anilines is 1. The number of nitrogens with zero attached hydrogens (tertiary/aromatic N) is 3. The second-order valence-corrected chi connectivity index (χ2v) is 6.75. The number of carbonyl (C=O) groups is 2. The molecule has 2 N–H and O–H groups in total. The number of aliphatic carboxylic acids is 1. The Morgan fingerprint density at radius 1 is 1.35 bits per heavy atom. The number of hydrogen-bond acceptors (Lipinski definition) is 6. The third-order valence-corrected chi connectivity index (χ3v) is 3.47. The third-order valence-electron chi connectivity index (χ3n) is 3.47. The molecule has 1 saturated heterocycles. The fourth-order valence-corrected chi connectivity index (χ4v) is 2.36. The van der Waals surface area contributed by atoms with E-state index in [-0.39, 0.29) is 13.0 Å². The molecule has 8 nitrogen and oxygen atoms in total. The number of aryl methyl sites for hydroxylation is 1. The highest BCUT2D eigenvalue weighted by atomic mass is 16.6. The molecule has 0 aliphatic carbocycles. The summed E-state index contributed by atoms with van der Waals surface area (Å²) in [6, 6.07) is 0. The maximum atomic E-state index is 12.0. The van der Waals surface area contributed by atoms with Crippen LogP contribution >= 0.6 is 0 Å². The molecule has 1 aliphatic heterocycles. The number of alkyl carbamates (subject to hydrolysis) is 1. The summed E-state index contributed by atoms with van der Waals surface area (Å²) in [7, 11) is 0. The second kappa shape index (κ2) is 6.02. The van der Waals surface area contributed by atoms with Crippen molar-refractivity contribution >= 4 is 18.0 Å². The molecule has 1 atom stereocenters. The van der Waals surface area contributed by atoms with Crippen LogP contribution in [0.3, 0.4) is 0 Å². The van der Waals surface area contributed by atoms with Gasteiger partial charge in [-0.2, -0.15) is 0 Å². The van der Waals surface area contributed by atoms with Crippen molar-refractivity contribution in [2.75, 3.05) is 18.0 Å². The zero-order valence-corrected chi connectivity index (χ0v) is 13.8. The summed E-state index contributed by atoms with van der Waals surface area (Å²) in [5, 5.41) is 12.1. The summed E-state index contributed by atoms with van der Waals surface area (Å²) < 4.78 is 5.17. The van der Waals surface area contributed by atoms with Crippen molar-refractivity contribution in [2.24, 2.45) is 0 Å². The standard InChI is InChI=1S/C15H22N4O4/c1-10-7-16-12(17-8-10)19-6-5-15(9-19,11(20)21)18-13(22)23-14(2,3)4/h7-8H,5-6,9H2,1-4H3,(H,18,22)(H,20,21). The average Bonchev–Trinajstić information content (AvgIpc) is 2.82. The number of hydrogen-bond donors (Lipinski definition) is 2. The van der Waals surface area contributed by atoms with Crippen molar-refractivity contribution in [3.63, 3.8) is 0 Å². The third kappa shape index (κ3) is 4.08. The van der Waals surface area contributed by atoms with E-state index in [1.54, 1.807) is 38.1 Å². The Bertz CT molecular complexity index is 596. The zero-order valence-electron chi connectivity index (χ0n) is 13.8. The molecule has 0 aromatic carbocycles. The molecule has 0 bridgehead atoms. The van der Waals surface area contributed by atoms with Crippen molar-refractivity contribution in [1.29, 1.82) is 0 Å². The molecule has 1 unspecified atom stereocenters. The predicted molar refractivity (Wildman–Crippen MR) is 83.3 cm³/mol. The molecule has 0 radical (unpaired) electrons. The van der Waals surface area contributed by atoms with Gasteiger partial charge < -0.3 is 20.1 Å². The van der Waals surface area contributed by atoms with Crippen LogP contribution < -0.4 is 10.2 Å². The van der Waals surface area contributed by atoms with Gasteiger partial charge in [-0.1, -0.05) is 0 Å². The molecule has 126 valence electrons. The number of ether oxygens (including phenoxy) is 1. The normalized spacial score (nSPS) is 21.1. The summed E-state index contributed by atoms with van der Waals surface area (Å²) >= 11 is 0. The van der Waals surface area contributed by atoms with Crippen LogP contribution in [0, 0.1) is 6.92 Å². The minimum Gasteiger partial charge on any atom is -0.479 e. The molecule has 2 heterocycles. The molecular formula is C15H22N4O4. The van der Waals surface area contributed by atoms with E-state index in [0.29, 0.717) is 12.5 Å². The lowest BCUT2D eigenvalue weighted by molar-refractivity contribution is -0.143. The lowest BCUT2D eigenvalue weighted by atomic mass is 9.99. The summed E-state index contributed by atoms with van der Waals surface area (Å²) in [5.74, 6) is -0.650. The molecule has 8 heteroatoms. The number of aromatic nitrogens is 2. The average molecular weight is 322 g/mol. The smallest absolute Gasteiger partial charge is 0.408 e. The Hall–Kier alpha value is -2.38. The number of carboxylic acid groups (broad SMARTS) is 1. The van der Waals surface area contributed by atoms with Crippen molar-refractivity contribution < 1.29 is 19.4 Å². The molecule has 1 aromatic rings. The summed E-state index contributed by atoms with van der Waals surface area (Å²) in [5.41, 5.74) is -1.18. The van der Waals surface area contributed by atoms with Gasteiger partial charge in [0.05, 0.1) is 6.54 Å². The van der Waals surface area contributed by atoms with Crippen LogP contribution in [0.15, 0.2) is 12.4 Å². The number of amides is 1. The predicted octanol–water partition coefficient (Wildman–Crippen LogP) is 1.34. The molecule has 2 rings (SSSR count). The van der Waals surface area contributed by atoms with Crippen LogP contribution in [0.4, 0.5) is 10.7 Å². The number of carbonyl (C=O) groups excluding carboxylic acids is 1. The van der Waals surface area contributed by atoms with Gasteiger partial charge >= 0.3 is 12.1 Å². The molecule has 1 aliphatic rings. The van der Waals surface area contributed by atoms with E-state index < -0.39 is 23.2 Å². The lowest BCUT2D eigenvalue weighted by Gasteiger charge is -2.28. The highest BCUT2D eigenvalue weighted by Gasteiger charge is 2.47. The number of nitrogens with one attached hydrogen (secondary N) is 1. The van der Waals surface area contributed by atoms with E-state index in [1.165, 1.54) is 0 Å². The quantitative estimate of drug-likeness (QED) is 0.865. The highest BCUT2D eigenvalue weighted by molar-refractivity contribution is 5.86. The van der Waals surface area contributed by atoms with Crippen LogP contribution in [0.2, 0.25) is 0 Å². The Morgan fingerprint density at radius 2 is 1.96 bits per heavy atom. The van der Waals surface area contributed by atoms with Gasteiger partial charge in [-0.15, -0.1) is 0 Å². The van der Waals surface area contributed by atoms with Crippen LogP contribution in [-0.4, -0.2) is 51.4 Å².